The van der Waals surface area contributed by atoms with Gasteiger partial charge in [0.05, 0.1) is 17.4 Å². The summed E-state index contributed by atoms with van der Waals surface area (Å²) in [6, 6.07) is 5.05. The van der Waals surface area contributed by atoms with E-state index in [9.17, 15) is 17.6 Å². The number of hydrogen-bond acceptors (Lipinski definition) is 4. The number of halogens is 1. The largest absolute Gasteiger partial charge is 0.480 e. The monoisotopic (exact) mass is 257 g/mol. The van der Waals surface area contributed by atoms with Gasteiger partial charge in [0, 0.05) is 5.56 Å². The fraction of sp³-hybridized carbons (Fsp3) is 0.200. The summed E-state index contributed by atoms with van der Waals surface area (Å²) in [7, 11) is -3.90. The molecule has 0 radical (unpaired) electrons. The maximum atomic E-state index is 13.3. The molecule has 90 valence electrons. The average Bonchev–Trinajstić information content (AvgIpc) is 2.18. The average molecular weight is 257 g/mol. The summed E-state index contributed by atoms with van der Waals surface area (Å²) in [6.45, 7) is 0. The van der Waals surface area contributed by atoms with E-state index in [1.165, 1.54) is 6.07 Å². The van der Waals surface area contributed by atoms with Gasteiger partial charge in [0.25, 0.3) is 0 Å². The molecule has 0 unspecified atom stereocenters. The number of carboxylic acid groups (broad SMARTS) is 1. The molecule has 1 aromatic carbocycles. The first kappa shape index (κ1) is 13.1. The van der Waals surface area contributed by atoms with Crippen molar-refractivity contribution in [2.24, 2.45) is 0 Å². The van der Waals surface area contributed by atoms with Crippen LogP contribution in [0.1, 0.15) is 11.1 Å². The molecular formula is C10H8FNO4S. The Labute approximate surface area is 97.0 Å². The Hall–Kier alpha value is -1.94. The molecule has 0 aromatic heterocycles. The van der Waals surface area contributed by atoms with Crippen molar-refractivity contribution in [1.29, 1.82) is 5.26 Å². The van der Waals surface area contributed by atoms with Gasteiger partial charge in [0.15, 0.2) is 9.84 Å². The Morgan fingerprint density at radius 1 is 1.47 bits per heavy atom. The topological polar surface area (TPSA) is 95.2 Å². The van der Waals surface area contributed by atoms with Crippen LogP contribution in [0, 0.1) is 17.1 Å². The first-order valence-corrected chi connectivity index (χ1v) is 6.27. The normalized spacial score (nSPS) is 10.8. The SMILES string of the molecule is N#Cc1ccc(CS(=O)(=O)CC(=O)O)c(F)c1. The molecule has 1 rings (SSSR count). The summed E-state index contributed by atoms with van der Waals surface area (Å²) >= 11 is 0. The molecule has 0 spiro atoms. The van der Waals surface area contributed by atoms with E-state index in [4.69, 9.17) is 10.4 Å². The summed E-state index contributed by atoms with van der Waals surface area (Å²) in [5, 5.41) is 16.9. The van der Waals surface area contributed by atoms with Gasteiger partial charge in [-0.1, -0.05) is 6.07 Å². The molecule has 7 heteroatoms. The molecule has 0 aliphatic heterocycles. The molecule has 0 heterocycles. The van der Waals surface area contributed by atoms with Crippen LogP contribution in [0.2, 0.25) is 0 Å². The fourth-order valence-corrected chi connectivity index (χ4v) is 2.40. The van der Waals surface area contributed by atoms with Crippen LogP contribution < -0.4 is 0 Å². The predicted molar refractivity (Wildman–Crippen MR) is 56.2 cm³/mol. The Morgan fingerprint density at radius 3 is 2.59 bits per heavy atom. The highest BCUT2D eigenvalue weighted by Gasteiger charge is 2.18. The van der Waals surface area contributed by atoms with Gasteiger partial charge < -0.3 is 5.11 Å². The van der Waals surface area contributed by atoms with Crippen molar-refractivity contribution in [2.75, 3.05) is 5.75 Å². The minimum atomic E-state index is -3.90. The van der Waals surface area contributed by atoms with Crippen molar-refractivity contribution < 1.29 is 22.7 Å². The van der Waals surface area contributed by atoms with E-state index in [1.54, 1.807) is 6.07 Å². The molecule has 0 saturated heterocycles. The van der Waals surface area contributed by atoms with E-state index in [2.05, 4.69) is 0 Å². The number of nitrogens with zero attached hydrogens (tertiary/aromatic N) is 1. The minimum absolute atomic E-state index is 0.0712. The third-order valence-electron chi connectivity index (χ3n) is 1.90. The van der Waals surface area contributed by atoms with E-state index in [-0.39, 0.29) is 11.1 Å². The van der Waals surface area contributed by atoms with Crippen molar-refractivity contribution >= 4 is 15.8 Å². The van der Waals surface area contributed by atoms with Gasteiger partial charge in [-0.25, -0.2) is 12.8 Å². The molecule has 0 atom stereocenters. The van der Waals surface area contributed by atoms with Crippen LogP contribution in [0.3, 0.4) is 0 Å². The lowest BCUT2D eigenvalue weighted by Gasteiger charge is -2.03. The lowest BCUT2D eigenvalue weighted by atomic mass is 10.1. The second kappa shape index (κ2) is 4.93. The van der Waals surface area contributed by atoms with Crippen LogP contribution in [0.5, 0.6) is 0 Å². The van der Waals surface area contributed by atoms with Gasteiger partial charge in [-0.3, -0.25) is 4.79 Å². The number of carboxylic acids is 1. The molecule has 0 amide bonds. The Kier molecular flexibility index (Phi) is 3.81. The summed E-state index contributed by atoms with van der Waals surface area (Å²) < 4.78 is 36.0. The van der Waals surface area contributed by atoms with Gasteiger partial charge in [-0.15, -0.1) is 0 Å². The highest BCUT2D eigenvalue weighted by atomic mass is 32.2. The van der Waals surface area contributed by atoms with Crippen LogP contribution in [0.4, 0.5) is 4.39 Å². The quantitative estimate of drug-likeness (QED) is 0.856. The van der Waals surface area contributed by atoms with Crippen molar-refractivity contribution in [3.8, 4) is 6.07 Å². The van der Waals surface area contributed by atoms with E-state index in [0.717, 1.165) is 12.1 Å². The molecule has 0 aliphatic rings. The zero-order valence-corrected chi connectivity index (χ0v) is 9.37. The molecule has 17 heavy (non-hydrogen) atoms. The van der Waals surface area contributed by atoms with Crippen LogP contribution in [0.25, 0.3) is 0 Å². The number of nitriles is 1. The lowest BCUT2D eigenvalue weighted by Crippen LogP contribution is -2.17. The smallest absolute Gasteiger partial charge is 0.318 e. The maximum absolute atomic E-state index is 13.3. The summed E-state index contributed by atoms with van der Waals surface area (Å²) in [5.41, 5.74) is -0.0767. The third-order valence-corrected chi connectivity index (χ3v) is 3.34. The number of aliphatic carboxylic acids is 1. The van der Waals surface area contributed by atoms with Crippen LogP contribution >= 0.6 is 0 Å². The Bertz CT molecular complexity index is 589. The van der Waals surface area contributed by atoms with Crippen molar-refractivity contribution in [2.45, 2.75) is 5.75 Å². The van der Waals surface area contributed by atoms with Gasteiger partial charge >= 0.3 is 5.97 Å². The predicted octanol–water partition coefficient (Wildman–Crippen LogP) is 0.697. The fourth-order valence-electron chi connectivity index (χ4n) is 1.21. The molecule has 5 nitrogen and oxygen atoms in total. The number of benzene rings is 1. The number of carbonyl (C=O) groups is 1. The summed E-state index contributed by atoms with van der Waals surface area (Å²) in [6.07, 6.45) is 0. The van der Waals surface area contributed by atoms with E-state index >= 15 is 0 Å². The summed E-state index contributed by atoms with van der Waals surface area (Å²) in [5.74, 6) is -4.07. The molecule has 1 N–H and O–H groups in total. The standard InChI is InChI=1S/C10H8FNO4S/c11-9-3-7(4-12)1-2-8(9)5-17(15,16)6-10(13)14/h1-3H,5-6H2,(H,13,14). The van der Waals surface area contributed by atoms with Gasteiger partial charge in [-0.05, 0) is 12.1 Å². The second-order valence-electron chi connectivity index (χ2n) is 3.34. The van der Waals surface area contributed by atoms with E-state index in [1.807, 2.05) is 0 Å². The zero-order chi connectivity index (χ0) is 13.1. The van der Waals surface area contributed by atoms with E-state index in [0.29, 0.717) is 0 Å². The van der Waals surface area contributed by atoms with Gasteiger partial charge in [0.1, 0.15) is 11.6 Å². The van der Waals surface area contributed by atoms with Crippen LogP contribution in [-0.2, 0) is 20.4 Å². The molecule has 1 aromatic rings. The number of sulfone groups is 1. The lowest BCUT2D eigenvalue weighted by molar-refractivity contribution is -0.134. The Morgan fingerprint density at radius 2 is 2.12 bits per heavy atom. The molecule has 0 saturated carbocycles. The summed E-state index contributed by atoms with van der Waals surface area (Å²) in [4.78, 5) is 10.3. The Balaban J connectivity index is 2.97. The zero-order valence-electron chi connectivity index (χ0n) is 8.55. The highest BCUT2D eigenvalue weighted by Crippen LogP contribution is 2.13. The number of hydrogen-bond donors (Lipinski definition) is 1. The van der Waals surface area contributed by atoms with Gasteiger partial charge in [-0.2, -0.15) is 5.26 Å². The highest BCUT2D eigenvalue weighted by molar-refractivity contribution is 7.91. The van der Waals surface area contributed by atoms with Crippen LogP contribution in [-0.4, -0.2) is 25.2 Å². The first-order valence-electron chi connectivity index (χ1n) is 4.45. The second-order valence-corrected chi connectivity index (χ2v) is 5.41. The van der Waals surface area contributed by atoms with Gasteiger partial charge in [0.2, 0.25) is 0 Å². The number of rotatable bonds is 4. The van der Waals surface area contributed by atoms with Crippen molar-refractivity contribution in [3.05, 3.63) is 35.1 Å². The van der Waals surface area contributed by atoms with Crippen LogP contribution in [0.15, 0.2) is 18.2 Å². The molecule has 0 fully saturated rings. The minimum Gasteiger partial charge on any atom is -0.480 e. The maximum Gasteiger partial charge on any atom is 0.318 e. The van der Waals surface area contributed by atoms with E-state index < -0.39 is 33.1 Å². The first-order chi connectivity index (χ1) is 7.84. The van der Waals surface area contributed by atoms with Crippen molar-refractivity contribution in [1.82, 2.24) is 0 Å². The van der Waals surface area contributed by atoms with Crippen molar-refractivity contribution in [3.63, 3.8) is 0 Å². The third kappa shape index (κ3) is 3.85. The molecule has 0 aliphatic carbocycles. The molecule has 0 bridgehead atoms. The molecular weight excluding hydrogens is 249 g/mol.